The third-order valence-electron chi connectivity index (χ3n) is 4.61. The van der Waals surface area contributed by atoms with Crippen LogP contribution in [0.15, 0.2) is 48.5 Å². The highest BCUT2D eigenvalue weighted by atomic mass is 35.5. The van der Waals surface area contributed by atoms with Gasteiger partial charge < -0.3 is 5.32 Å². The van der Waals surface area contributed by atoms with Crippen molar-refractivity contribution in [3.63, 3.8) is 0 Å². The molecule has 0 fully saturated rings. The van der Waals surface area contributed by atoms with Gasteiger partial charge in [-0.3, -0.25) is 0 Å². The molecule has 21 heavy (non-hydrogen) atoms. The minimum atomic E-state index is 0.255. The van der Waals surface area contributed by atoms with Gasteiger partial charge in [0.25, 0.3) is 0 Å². The second-order valence-corrected chi connectivity index (χ2v) is 6.48. The zero-order valence-corrected chi connectivity index (χ0v) is 13.4. The van der Waals surface area contributed by atoms with Crippen LogP contribution in [0.5, 0.6) is 0 Å². The molecule has 0 aromatic heterocycles. The van der Waals surface area contributed by atoms with Crippen LogP contribution >= 0.6 is 11.6 Å². The van der Waals surface area contributed by atoms with E-state index >= 15 is 0 Å². The summed E-state index contributed by atoms with van der Waals surface area (Å²) in [5, 5.41) is 4.61. The Morgan fingerprint density at radius 1 is 1.00 bits per heavy atom. The average Bonchev–Trinajstić information content (AvgIpc) is 2.51. The molecule has 0 aliphatic heterocycles. The molecule has 1 N–H and O–H groups in total. The van der Waals surface area contributed by atoms with Crippen molar-refractivity contribution in [3.05, 3.63) is 70.2 Å². The van der Waals surface area contributed by atoms with Crippen LogP contribution in [0, 0.1) is 0 Å². The van der Waals surface area contributed by atoms with Crippen molar-refractivity contribution < 1.29 is 0 Å². The van der Waals surface area contributed by atoms with Crippen LogP contribution in [0.4, 0.5) is 0 Å². The van der Waals surface area contributed by atoms with E-state index < -0.39 is 0 Å². The molecule has 2 aromatic rings. The summed E-state index contributed by atoms with van der Waals surface area (Å²) >= 11 is 6.32. The molecule has 2 heteroatoms. The minimum absolute atomic E-state index is 0.255. The van der Waals surface area contributed by atoms with E-state index in [-0.39, 0.29) is 6.04 Å². The quantitative estimate of drug-likeness (QED) is 0.774. The van der Waals surface area contributed by atoms with E-state index in [1.165, 1.54) is 29.5 Å². The minimum Gasteiger partial charge on any atom is -0.303 e. The predicted octanol–water partition coefficient (Wildman–Crippen LogP) is 5.63. The summed E-state index contributed by atoms with van der Waals surface area (Å²) in [5.41, 5.74) is 4.12. The lowest BCUT2D eigenvalue weighted by Gasteiger charge is -2.32. The Labute approximate surface area is 132 Å². The molecule has 0 saturated heterocycles. The summed E-state index contributed by atoms with van der Waals surface area (Å²) in [5.74, 6) is 0.662. The van der Waals surface area contributed by atoms with E-state index in [1.54, 1.807) is 0 Å². The topological polar surface area (TPSA) is 12.0 Å². The Kier molecular flexibility index (Phi) is 4.32. The molecule has 1 nitrogen and oxygen atoms in total. The van der Waals surface area contributed by atoms with Gasteiger partial charge in [0.2, 0.25) is 0 Å². The van der Waals surface area contributed by atoms with Crippen molar-refractivity contribution >= 4 is 11.6 Å². The third-order valence-corrected chi connectivity index (χ3v) is 4.96. The first-order valence-corrected chi connectivity index (χ1v) is 8.14. The van der Waals surface area contributed by atoms with Gasteiger partial charge in [-0.25, -0.2) is 0 Å². The first kappa shape index (κ1) is 14.6. The normalized spacial score (nSPS) is 22.6. The highest BCUT2D eigenvalue weighted by Gasteiger charge is 2.25. The molecule has 0 spiro atoms. The molecule has 2 aromatic carbocycles. The molecule has 0 amide bonds. The number of fused-ring (bicyclic) bond motifs is 1. The molecule has 0 radical (unpaired) electrons. The van der Waals surface area contributed by atoms with Crippen molar-refractivity contribution in [2.45, 2.75) is 44.7 Å². The fourth-order valence-electron chi connectivity index (χ4n) is 3.40. The van der Waals surface area contributed by atoms with Gasteiger partial charge >= 0.3 is 0 Å². The smallest absolute Gasteiger partial charge is 0.0453 e. The van der Waals surface area contributed by atoms with Crippen LogP contribution in [0.3, 0.4) is 0 Å². The lowest BCUT2D eigenvalue weighted by atomic mass is 9.80. The van der Waals surface area contributed by atoms with Gasteiger partial charge in [-0.2, -0.15) is 0 Å². The van der Waals surface area contributed by atoms with E-state index in [2.05, 4.69) is 55.6 Å². The maximum atomic E-state index is 6.32. The molecule has 3 atom stereocenters. The lowest BCUT2D eigenvalue weighted by molar-refractivity contribution is 0.396. The Morgan fingerprint density at radius 3 is 2.43 bits per heavy atom. The zero-order chi connectivity index (χ0) is 14.8. The molecule has 0 bridgehead atoms. The van der Waals surface area contributed by atoms with Gasteiger partial charge in [0.15, 0.2) is 0 Å². The van der Waals surface area contributed by atoms with Gasteiger partial charge in [0.1, 0.15) is 0 Å². The maximum Gasteiger partial charge on any atom is 0.0453 e. The number of hydrogen-bond donors (Lipinski definition) is 1. The second-order valence-electron chi connectivity index (χ2n) is 6.07. The fourth-order valence-corrected chi connectivity index (χ4v) is 3.70. The first-order valence-electron chi connectivity index (χ1n) is 7.76. The van der Waals surface area contributed by atoms with Crippen molar-refractivity contribution in [1.82, 2.24) is 5.32 Å². The van der Waals surface area contributed by atoms with Crippen LogP contribution in [0.1, 0.15) is 61.4 Å². The largest absolute Gasteiger partial charge is 0.303 e. The van der Waals surface area contributed by atoms with Gasteiger partial charge in [-0.1, -0.05) is 61.0 Å². The van der Waals surface area contributed by atoms with Crippen molar-refractivity contribution in [3.8, 4) is 0 Å². The first-order chi connectivity index (χ1) is 10.2. The number of hydrogen-bond acceptors (Lipinski definition) is 1. The van der Waals surface area contributed by atoms with Crippen molar-refractivity contribution in [2.75, 3.05) is 0 Å². The summed E-state index contributed by atoms with van der Waals surface area (Å²) in [6, 6.07) is 17.6. The summed E-state index contributed by atoms with van der Waals surface area (Å²) in [6.45, 7) is 4.52. The van der Waals surface area contributed by atoms with Gasteiger partial charge in [-0.05, 0) is 48.4 Å². The van der Waals surface area contributed by atoms with Gasteiger partial charge in [0.05, 0.1) is 0 Å². The maximum absolute atomic E-state index is 6.32. The molecule has 3 unspecified atom stereocenters. The zero-order valence-electron chi connectivity index (χ0n) is 12.6. The van der Waals surface area contributed by atoms with Crippen molar-refractivity contribution in [2.24, 2.45) is 0 Å². The number of halogens is 1. The predicted molar refractivity (Wildman–Crippen MR) is 89.8 cm³/mol. The monoisotopic (exact) mass is 299 g/mol. The number of benzene rings is 2. The second kappa shape index (κ2) is 6.21. The molecular weight excluding hydrogens is 278 g/mol. The van der Waals surface area contributed by atoms with Gasteiger partial charge in [-0.15, -0.1) is 0 Å². The molecule has 110 valence electrons. The van der Waals surface area contributed by atoms with Crippen LogP contribution in [0.25, 0.3) is 0 Å². The summed E-state index contributed by atoms with van der Waals surface area (Å²) in [4.78, 5) is 0. The van der Waals surface area contributed by atoms with E-state index in [4.69, 9.17) is 11.6 Å². The highest BCUT2D eigenvalue weighted by Crippen LogP contribution is 2.38. The number of rotatable bonds is 3. The van der Waals surface area contributed by atoms with E-state index in [0.717, 1.165) is 5.02 Å². The average molecular weight is 300 g/mol. The third kappa shape index (κ3) is 3.00. The van der Waals surface area contributed by atoms with Crippen LogP contribution in [-0.2, 0) is 0 Å². The van der Waals surface area contributed by atoms with Gasteiger partial charge in [0, 0.05) is 17.1 Å². The van der Waals surface area contributed by atoms with E-state index in [9.17, 15) is 0 Å². The molecule has 1 aliphatic carbocycles. The summed E-state index contributed by atoms with van der Waals surface area (Å²) in [7, 11) is 0. The number of nitrogens with one attached hydrogen (secondary N) is 1. The summed E-state index contributed by atoms with van der Waals surface area (Å²) in [6.07, 6.45) is 2.43. The SMILES string of the molecule is CC1CCC(NC(C)c2ccccc2Cl)c2ccccc21. The standard InChI is InChI=1S/C19H22ClN/c1-13-11-12-19(17-9-4-3-7-15(13)17)21-14(2)16-8-5-6-10-18(16)20/h3-10,13-14,19,21H,11-12H2,1-2H3. The molecule has 3 rings (SSSR count). The Morgan fingerprint density at radius 2 is 1.67 bits per heavy atom. The van der Waals surface area contributed by atoms with Crippen LogP contribution in [0.2, 0.25) is 5.02 Å². The van der Waals surface area contributed by atoms with E-state index in [0.29, 0.717) is 12.0 Å². The molecule has 1 aliphatic rings. The highest BCUT2D eigenvalue weighted by molar-refractivity contribution is 6.31. The van der Waals surface area contributed by atoms with Crippen LogP contribution < -0.4 is 5.32 Å². The fraction of sp³-hybridized carbons (Fsp3) is 0.368. The van der Waals surface area contributed by atoms with E-state index in [1.807, 2.05) is 12.1 Å². The Balaban J connectivity index is 1.83. The van der Waals surface area contributed by atoms with Crippen molar-refractivity contribution in [1.29, 1.82) is 0 Å². The molecule has 0 heterocycles. The summed E-state index contributed by atoms with van der Waals surface area (Å²) < 4.78 is 0. The Bertz CT molecular complexity index is 622. The van der Waals surface area contributed by atoms with Crippen LogP contribution in [-0.4, -0.2) is 0 Å². The Hall–Kier alpha value is -1.31. The molecular formula is C19H22ClN. The molecule has 0 saturated carbocycles. The lowest BCUT2D eigenvalue weighted by Crippen LogP contribution is -2.28.